The van der Waals surface area contributed by atoms with Gasteiger partial charge in [-0.2, -0.15) is 16.4 Å². The average Bonchev–Trinajstić information content (AvgIpc) is 3.33. The van der Waals surface area contributed by atoms with Gasteiger partial charge in [-0.3, -0.25) is 9.89 Å². The van der Waals surface area contributed by atoms with Crippen molar-refractivity contribution in [3.8, 4) is 11.1 Å². The van der Waals surface area contributed by atoms with Gasteiger partial charge in [0.2, 0.25) is 0 Å². The largest absolute Gasteiger partial charge is 0.338 e. The second-order valence-corrected chi connectivity index (χ2v) is 7.24. The highest BCUT2D eigenvalue weighted by atomic mass is 32.1. The number of hydrogen-bond donors (Lipinski definition) is 1. The summed E-state index contributed by atoms with van der Waals surface area (Å²) in [6, 6.07) is 9.99. The van der Waals surface area contributed by atoms with Crippen molar-refractivity contribution in [1.29, 1.82) is 0 Å². The van der Waals surface area contributed by atoms with Gasteiger partial charge in [0, 0.05) is 24.6 Å². The van der Waals surface area contributed by atoms with Gasteiger partial charge < -0.3 is 4.90 Å². The molecular weight excluding hydrogens is 332 g/mol. The number of aryl methyl sites for hydroxylation is 1. The predicted octanol–water partition coefficient (Wildman–Crippen LogP) is 3.86. The van der Waals surface area contributed by atoms with Crippen LogP contribution >= 0.6 is 11.3 Å². The van der Waals surface area contributed by atoms with E-state index in [0.29, 0.717) is 6.54 Å². The number of piperidine rings is 1. The maximum Gasteiger partial charge on any atom is 0.253 e. The highest BCUT2D eigenvalue weighted by Gasteiger charge is 2.27. The van der Waals surface area contributed by atoms with Gasteiger partial charge in [0.1, 0.15) is 5.82 Å². The number of aromatic amines is 1. The molecule has 1 atom stereocenters. The van der Waals surface area contributed by atoms with Crippen molar-refractivity contribution in [1.82, 2.24) is 20.1 Å². The van der Waals surface area contributed by atoms with E-state index in [0.717, 1.165) is 42.2 Å². The van der Waals surface area contributed by atoms with Gasteiger partial charge in [-0.25, -0.2) is 4.98 Å². The molecule has 1 N–H and O–H groups in total. The highest BCUT2D eigenvalue weighted by Crippen LogP contribution is 2.26. The summed E-state index contributed by atoms with van der Waals surface area (Å²) in [6.45, 7) is 3.38. The molecule has 1 amide bonds. The van der Waals surface area contributed by atoms with Crippen LogP contribution in [0.2, 0.25) is 0 Å². The Labute approximate surface area is 150 Å². The number of amides is 1. The lowest BCUT2D eigenvalue weighted by atomic mass is 9.96. The molecule has 1 fully saturated rings. The van der Waals surface area contributed by atoms with Crippen LogP contribution in [0.1, 0.15) is 40.8 Å². The number of benzene rings is 1. The summed E-state index contributed by atoms with van der Waals surface area (Å²) in [7, 11) is 0. The number of H-pyrrole nitrogens is 1. The van der Waals surface area contributed by atoms with E-state index in [1.807, 2.05) is 36.1 Å². The lowest BCUT2D eigenvalue weighted by Crippen LogP contribution is -2.39. The van der Waals surface area contributed by atoms with Gasteiger partial charge in [0.25, 0.3) is 5.91 Å². The predicted molar refractivity (Wildman–Crippen MR) is 98.8 cm³/mol. The van der Waals surface area contributed by atoms with E-state index in [-0.39, 0.29) is 11.8 Å². The van der Waals surface area contributed by atoms with E-state index < -0.39 is 0 Å². The van der Waals surface area contributed by atoms with Gasteiger partial charge in [-0.05, 0) is 59.9 Å². The first-order valence-corrected chi connectivity index (χ1v) is 9.46. The van der Waals surface area contributed by atoms with Crippen molar-refractivity contribution < 1.29 is 4.79 Å². The number of nitrogens with zero attached hydrogens (tertiary/aromatic N) is 3. The molecule has 2 aromatic heterocycles. The van der Waals surface area contributed by atoms with Crippen molar-refractivity contribution in [3.63, 3.8) is 0 Å². The Morgan fingerprint density at radius 1 is 1.24 bits per heavy atom. The fraction of sp³-hybridized carbons (Fsp3) is 0.316. The second-order valence-electron chi connectivity index (χ2n) is 6.46. The maximum atomic E-state index is 12.9. The quantitative estimate of drug-likeness (QED) is 0.778. The number of aromatic nitrogens is 3. The topological polar surface area (TPSA) is 61.9 Å². The monoisotopic (exact) mass is 352 g/mol. The summed E-state index contributed by atoms with van der Waals surface area (Å²) in [6.07, 6.45) is 2.01. The smallest absolute Gasteiger partial charge is 0.253 e. The Morgan fingerprint density at radius 2 is 2.08 bits per heavy atom. The average molecular weight is 352 g/mol. The fourth-order valence-corrected chi connectivity index (χ4v) is 4.00. The van der Waals surface area contributed by atoms with Crippen LogP contribution in [0.5, 0.6) is 0 Å². The molecular formula is C19H20N4OS. The van der Waals surface area contributed by atoms with Crippen molar-refractivity contribution in [2.45, 2.75) is 25.7 Å². The first-order valence-electron chi connectivity index (χ1n) is 8.51. The zero-order valence-electron chi connectivity index (χ0n) is 14.1. The van der Waals surface area contributed by atoms with Crippen LogP contribution in [0.25, 0.3) is 11.1 Å². The summed E-state index contributed by atoms with van der Waals surface area (Å²) in [4.78, 5) is 19.2. The summed E-state index contributed by atoms with van der Waals surface area (Å²) < 4.78 is 0. The standard InChI is InChI=1S/C19H20N4OS/c1-13-20-18(22-21-13)16-3-2-9-23(11-16)19(24)15-6-4-14(5-7-15)17-8-10-25-12-17/h4-8,10,12,16H,2-3,9,11H2,1H3,(H,20,21,22). The van der Waals surface area contributed by atoms with Gasteiger partial charge in [-0.15, -0.1) is 0 Å². The molecule has 5 nitrogen and oxygen atoms in total. The van der Waals surface area contributed by atoms with Crippen molar-refractivity contribution in [2.75, 3.05) is 13.1 Å². The number of nitrogens with one attached hydrogen (secondary N) is 1. The minimum absolute atomic E-state index is 0.0915. The summed E-state index contributed by atoms with van der Waals surface area (Å²) >= 11 is 1.68. The first-order chi connectivity index (χ1) is 12.2. The second kappa shape index (κ2) is 6.80. The van der Waals surface area contributed by atoms with Crippen molar-refractivity contribution in [2.24, 2.45) is 0 Å². The summed E-state index contributed by atoms with van der Waals surface area (Å²) in [5.74, 6) is 1.95. The third kappa shape index (κ3) is 3.35. The summed E-state index contributed by atoms with van der Waals surface area (Å²) in [5, 5.41) is 11.3. The Balaban J connectivity index is 1.48. The van der Waals surface area contributed by atoms with E-state index in [4.69, 9.17) is 0 Å². The van der Waals surface area contributed by atoms with E-state index in [2.05, 4.69) is 32.0 Å². The number of carbonyl (C=O) groups is 1. The molecule has 0 saturated carbocycles. The minimum Gasteiger partial charge on any atom is -0.338 e. The Kier molecular flexibility index (Phi) is 4.36. The van der Waals surface area contributed by atoms with Crippen molar-refractivity contribution >= 4 is 17.2 Å². The Morgan fingerprint density at radius 3 is 2.76 bits per heavy atom. The molecule has 1 aromatic carbocycles. The molecule has 0 radical (unpaired) electrons. The van der Waals surface area contributed by atoms with E-state index in [1.165, 1.54) is 5.56 Å². The van der Waals surface area contributed by atoms with Crippen LogP contribution in [0, 0.1) is 6.92 Å². The highest BCUT2D eigenvalue weighted by molar-refractivity contribution is 7.08. The van der Waals surface area contributed by atoms with Crippen LogP contribution < -0.4 is 0 Å². The van der Waals surface area contributed by atoms with Crippen LogP contribution in [-0.4, -0.2) is 39.1 Å². The van der Waals surface area contributed by atoms with Gasteiger partial charge in [0.05, 0.1) is 0 Å². The molecule has 0 spiro atoms. The van der Waals surface area contributed by atoms with Gasteiger partial charge in [0.15, 0.2) is 5.82 Å². The SMILES string of the molecule is Cc1nc(C2CCCN(C(=O)c3ccc(-c4ccsc4)cc3)C2)n[nH]1. The molecule has 1 saturated heterocycles. The number of likely N-dealkylation sites (tertiary alicyclic amines) is 1. The molecule has 0 aliphatic carbocycles. The molecule has 1 aliphatic rings. The third-order valence-corrected chi connectivity index (χ3v) is 5.36. The van der Waals surface area contributed by atoms with Gasteiger partial charge >= 0.3 is 0 Å². The molecule has 0 bridgehead atoms. The lowest BCUT2D eigenvalue weighted by Gasteiger charge is -2.31. The van der Waals surface area contributed by atoms with Crippen LogP contribution in [0.4, 0.5) is 0 Å². The molecule has 4 rings (SSSR count). The minimum atomic E-state index is 0.0915. The van der Waals surface area contributed by atoms with Crippen LogP contribution in [-0.2, 0) is 0 Å². The van der Waals surface area contributed by atoms with Crippen molar-refractivity contribution in [3.05, 3.63) is 58.3 Å². The number of carbonyl (C=O) groups excluding carboxylic acids is 1. The van der Waals surface area contributed by atoms with Crippen LogP contribution in [0.15, 0.2) is 41.1 Å². The maximum absolute atomic E-state index is 12.9. The molecule has 3 heterocycles. The molecule has 1 aliphatic heterocycles. The van der Waals surface area contributed by atoms with Crippen LogP contribution in [0.3, 0.4) is 0 Å². The molecule has 128 valence electrons. The molecule has 1 unspecified atom stereocenters. The van der Waals surface area contributed by atoms with Gasteiger partial charge in [-0.1, -0.05) is 12.1 Å². The first kappa shape index (κ1) is 16.0. The Bertz CT molecular complexity index is 854. The normalized spacial score (nSPS) is 17.6. The molecule has 6 heteroatoms. The Hall–Kier alpha value is -2.47. The number of thiophene rings is 1. The number of rotatable bonds is 3. The zero-order valence-corrected chi connectivity index (χ0v) is 14.9. The zero-order chi connectivity index (χ0) is 17.2. The van der Waals surface area contributed by atoms with E-state index in [1.54, 1.807) is 11.3 Å². The number of hydrogen-bond acceptors (Lipinski definition) is 4. The lowest BCUT2D eigenvalue weighted by molar-refractivity contribution is 0.0704. The summed E-state index contributed by atoms with van der Waals surface area (Å²) in [5.41, 5.74) is 3.08. The molecule has 25 heavy (non-hydrogen) atoms. The van der Waals surface area contributed by atoms with E-state index >= 15 is 0 Å². The molecule has 3 aromatic rings. The van der Waals surface area contributed by atoms with E-state index in [9.17, 15) is 4.79 Å². The third-order valence-electron chi connectivity index (χ3n) is 4.67. The fourth-order valence-electron chi connectivity index (χ4n) is 3.33.